The summed E-state index contributed by atoms with van der Waals surface area (Å²) in [6, 6.07) is 14.9. The minimum Gasteiger partial charge on any atom is -0.326 e. The number of rotatable bonds is 7. The fraction of sp³-hybridized carbons (Fsp3) is 0.263. The summed E-state index contributed by atoms with van der Waals surface area (Å²) in [6.45, 7) is 1.98. The zero-order valence-corrected chi connectivity index (χ0v) is 17.1. The van der Waals surface area contributed by atoms with E-state index in [1.165, 1.54) is 0 Å². The molecule has 6 heteroatoms. The van der Waals surface area contributed by atoms with Gasteiger partial charge in [-0.2, -0.15) is 0 Å². The fourth-order valence-electron chi connectivity index (χ4n) is 2.36. The van der Waals surface area contributed by atoms with Crippen molar-refractivity contribution >= 4 is 55.0 Å². The summed E-state index contributed by atoms with van der Waals surface area (Å²) in [7, 11) is 0. The Morgan fingerprint density at radius 1 is 0.920 bits per heavy atom. The highest BCUT2D eigenvalue weighted by Gasteiger charge is 2.12. The predicted octanol–water partition coefficient (Wildman–Crippen LogP) is 5.60. The molecule has 0 aliphatic rings. The average molecular weight is 468 g/mol. The molecule has 1 atom stereocenters. The molecule has 25 heavy (non-hydrogen) atoms. The van der Waals surface area contributed by atoms with Crippen molar-refractivity contribution in [1.29, 1.82) is 0 Å². The number of nitrogens with one attached hydrogen (secondary N) is 2. The van der Waals surface area contributed by atoms with E-state index in [1.54, 1.807) is 0 Å². The number of carbonyl (C=O) groups excluding carboxylic acids is 2. The van der Waals surface area contributed by atoms with Gasteiger partial charge in [-0.05, 0) is 48.7 Å². The largest absolute Gasteiger partial charge is 0.326 e. The lowest BCUT2D eigenvalue weighted by atomic mass is 10.0. The van der Waals surface area contributed by atoms with E-state index >= 15 is 0 Å². The van der Waals surface area contributed by atoms with Crippen molar-refractivity contribution in [3.63, 3.8) is 0 Å². The zero-order valence-electron chi connectivity index (χ0n) is 13.9. The minimum absolute atomic E-state index is 0.0435. The van der Waals surface area contributed by atoms with Crippen LogP contribution in [0.1, 0.15) is 26.2 Å². The first-order chi connectivity index (χ1) is 11.9. The average Bonchev–Trinajstić information content (AvgIpc) is 2.53. The summed E-state index contributed by atoms with van der Waals surface area (Å²) in [5.41, 5.74) is 1.53. The Labute approximate surface area is 164 Å². The van der Waals surface area contributed by atoms with Gasteiger partial charge < -0.3 is 10.6 Å². The van der Waals surface area contributed by atoms with Crippen LogP contribution in [0.25, 0.3) is 0 Å². The molecule has 0 fully saturated rings. The minimum atomic E-state index is -0.0441. The van der Waals surface area contributed by atoms with E-state index in [9.17, 15) is 9.59 Å². The quantitative estimate of drug-likeness (QED) is 0.557. The molecule has 0 spiro atoms. The Bertz CT molecular complexity index is 750. The molecular formula is C19H20Br2N2O2. The highest BCUT2D eigenvalue weighted by atomic mass is 79.9. The van der Waals surface area contributed by atoms with E-state index in [2.05, 4.69) is 42.5 Å². The highest BCUT2D eigenvalue weighted by molar-refractivity contribution is 9.10. The second-order valence-corrected chi connectivity index (χ2v) is 7.80. The van der Waals surface area contributed by atoms with Crippen LogP contribution in [0.3, 0.4) is 0 Å². The third-order valence-electron chi connectivity index (χ3n) is 3.61. The molecule has 4 nitrogen and oxygen atoms in total. The Balaban J connectivity index is 1.73. The molecule has 0 aliphatic carbocycles. The zero-order chi connectivity index (χ0) is 18.2. The maximum Gasteiger partial charge on any atom is 0.224 e. The SMILES string of the molecule is CC(CCC(=O)Nc1cccc(Br)c1)CC(=O)Nc1cccc(Br)c1. The molecule has 1 unspecified atom stereocenters. The van der Waals surface area contributed by atoms with Crippen LogP contribution < -0.4 is 10.6 Å². The van der Waals surface area contributed by atoms with Crippen LogP contribution in [0.2, 0.25) is 0 Å². The molecule has 2 rings (SSSR count). The van der Waals surface area contributed by atoms with Gasteiger partial charge in [0.05, 0.1) is 0 Å². The van der Waals surface area contributed by atoms with Gasteiger partial charge in [-0.3, -0.25) is 9.59 Å². The summed E-state index contributed by atoms with van der Waals surface area (Å²) in [4.78, 5) is 24.1. The highest BCUT2D eigenvalue weighted by Crippen LogP contribution is 2.19. The topological polar surface area (TPSA) is 58.2 Å². The van der Waals surface area contributed by atoms with E-state index in [-0.39, 0.29) is 17.7 Å². The first kappa shape index (κ1) is 19.7. The molecule has 132 valence electrons. The number of carbonyl (C=O) groups is 2. The normalized spacial score (nSPS) is 11.6. The Morgan fingerprint density at radius 3 is 1.96 bits per heavy atom. The van der Waals surface area contributed by atoms with Crippen molar-refractivity contribution in [1.82, 2.24) is 0 Å². The lowest BCUT2D eigenvalue weighted by Crippen LogP contribution is -2.17. The Morgan fingerprint density at radius 2 is 1.44 bits per heavy atom. The maximum atomic E-state index is 12.1. The number of anilines is 2. The van der Waals surface area contributed by atoms with E-state index in [0.29, 0.717) is 19.3 Å². The first-order valence-electron chi connectivity index (χ1n) is 8.03. The fourth-order valence-corrected chi connectivity index (χ4v) is 3.16. The van der Waals surface area contributed by atoms with Crippen LogP contribution in [0, 0.1) is 5.92 Å². The van der Waals surface area contributed by atoms with Crippen LogP contribution >= 0.6 is 31.9 Å². The number of hydrogen-bond donors (Lipinski definition) is 2. The lowest BCUT2D eigenvalue weighted by molar-refractivity contribution is -0.118. The monoisotopic (exact) mass is 466 g/mol. The van der Waals surface area contributed by atoms with Gasteiger partial charge in [-0.1, -0.05) is 50.9 Å². The molecule has 0 aromatic heterocycles. The van der Waals surface area contributed by atoms with Gasteiger partial charge in [0.15, 0.2) is 0 Å². The van der Waals surface area contributed by atoms with E-state index in [4.69, 9.17) is 0 Å². The van der Waals surface area contributed by atoms with Crippen LogP contribution in [-0.2, 0) is 9.59 Å². The molecule has 0 radical (unpaired) electrons. The summed E-state index contributed by atoms with van der Waals surface area (Å²) in [5.74, 6) is 0.0377. The van der Waals surface area contributed by atoms with Gasteiger partial charge in [-0.25, -0.2) is 0 Å². The molecule has 0 bridgehead atoms. The molecular weight excluding hydrogens is 448 g/mol. The maximum absolute atomic E-state index is 12.1. The number of halogens is 2. The van der Waals surface area contributed by atoms with Crippen LogP contribution in [0.4, 0.5) is 11.4 Å². The molecule has 0 saturated heterocycles. The number of benzene rings is 2. The third kappa shape index (κ3) is 7.40. The van der Waals surface area contributed by atoms with Gasteiger partial charge in [0.25, 0.3) is 0 Å². The number of hydrogen-bond acceptors (Lipinski definition) is 2. The predicted molar refractivity (Wildman–Crippen MR) is 109 cm³/mol. The van der Waals surface area contributed by atoms with Gasteiger partial charge >= 0.3 is 0 Å². The second-order valence-electron chi connectivity index (χ2n) is 5.97. The van der Waals surface area contributed by atoms with Crippen molar-refractivity contribution in [3.8, 4) is 0 Å². The van der Waals surface area contributed by atoms with Crippen molar-refractivity contribution in [2.24, 2.45) is 5.92 Å². The second kappa shape index (κ2) is 9.73. The van der Waals surface area contributed by atoms with Crippen molar-refractivity contribution in [2.45, 2.75) is 26.2 Å². The molecule has 0 saturated carbocycles. The van der Waals surface area contributed by atoms with E-state index in [0.717, 1.165) is 20.3 Å². The molecule has 2 N–H and O–H groups in total. The first-order valence-corrected chi connectivity index (χ1v) is 9.62. The van der Waals surface area contributed by atoms with Gasteiger partial charge in [0.1, 0.15) is 0 Å². The molecule has 0 heterocycles. The third-order valence-corrected chi connectivity index (χ3v) is 4.60. The summed E-state index contributed by atoms with van der Waals surface area (Å²) >= 11 is 6.75. The summed E-state index contributed by atoms with van der Waals surface area (Å²) in [5, 5.41) is 5.74. The van der Waals surface area contributed by atoms with Crippen molar-refractivity contribution in [3.05, 3.63) is 57.5 Å². The van der Waals surface area contributed by atoms with Gasteiger partial charge in [0.2, 0.25) is 11.8 Å². The molecule has 2 aromatic rings. The summed E-state index contributed by atoms with van der Waals surface area (Å²) in [6.07, 6.45) is 1.43. The van der Waals surface area contributed by atoms with Gasteiger partial charge in [-0.15, -0.1) is 0 Å². The summed E-state index contributed by atoms with van der Waals surface area (Å²) < 4.78 is 1.84. The molecule has 2 aromatic carbocycles. The van der Waals surface area contributed by atoms with Gasteiger partial charge in [0, 0.05) is 33.2 Å². The lowest BCUT2D eigenvalue weighted by Gasteiger charge is -2.12. The smallest absolute Gasteiger partial charge is 0.224 e. The molecule has 2 amide bonds. The van der Waals surface area contributed by atoms with Crippen LogP contribution in [-0.4, -0.2) is 11.8 Å². The Hall–Kier alpha value is -1.66. The van der Waals surface area contributed by atoms with Crippen molar-refractivity contribution in [2.75, 3.05) is 10.6 Å². The number of amides is 2. The van der Waals surface area contributed by atoms with Crippen LogP contribution in [0.5, 0.6) is 0 Å². The standard InChI is InChI=1S/C19H20Br2N2O2/c1-13(10-19(25)23-17-7-3-5-15(21)12-17)8-9-18(24)22-16-6-2-4-14(20)11-16/h2-7,11-13H,8-10H2,1H3,(H,22,24)(H,23,25). The Kier molecular flexibility index (Phi) is 7.65. The van der Waals surface area contributed by atoms with Crippen LogP contribution in [0.15, 0.2) is 57.5 Å². The van der Waals surface area contributed by atoms with Crippen molar-refractivity contribution < 1.29 is 9.59 Å². The molecule has 0 aliphatic heterocycles. The van der Waals surface area contributed by atoms with E-state index < -0.39 is 0 Å². The van der Waals surface area contributed by atoms with E-state index in [1.807, 2.05) is 55.5 Å².